The van der Waals surface area contributed by atoms with E-state index >= 15 is 0 Å². The summed E-state index contributed by atoms with van der Waals surface area (Å²) in [4.78, 5) is 0.156. The van der Waals surface area contributed by atoms with Crippen LogP contribution >= 0.6 is 23.8 Å². The molecule has 0 spiro atoms. The molecule has 0 aromatic heterocycles. The van der Waals surface area contributed by atoms with Gasteiger partial charge in [-0.15, -0.1) is 0 Å². The zero-order chi connectivity index (χ0) is 15.7. The summed E-state index contributed by atoms with van der Waals surface area (Å²) in [5, 5.41) is 0.156. The van der Waals surface area contributed by atoms with Crippen LogP contribution in [0.5, 0.6) is 0 Å². The van der Waals surface area contributed by atoms with Crippen LogP contribution in [-0.2, 0) is 10.0 Å². The molecule has 112 valence electrons. The molecule has 0 amide bonds. The fraction of sp³-hybridized carbons (Fsp3) is 0.462. The summed E-state index contributed by atoms with van der Waals surface area (Å²) in [6, 6.07) is 4.52. The monoisotopic (exact) mass is 334 g/mol. The maximum Gasteiger partial charge on any atom is 0.244 e. The van der Waals surface area contributed by atoms with Gasteiger partial charge >= 0.3 is 0 Å². The lowest BCUT2D eigenvalue weighted by molar-refractivity contribution is 0.257. The number of hydrogen-bond acceptors (Lipinski definition) is 3. The summed E-state index contributed by atoms with van der Waals surface area (Å²) in [5.41, 5.74) is 5.51. The third-order valence-electron chi connectivity index (χ3n) is 3.57. The van der Waals surface area contributed by atoms with E-state index in [0.29, 0.717) is 12.0 Å². The molecule has 0 unspecified atom stereocenters. The minimum atomic E-state index is -3.71. The second-order valence-corrected chi connectivity index (χ2v) is 7.93. The molecule has 0 aliphatic carbocycles. The highest BCUT2D eigenvalue weighted by Gasteiger charge is 2.34. The van der Waals surface area contributed by atoms with Crippen molar-refractivity contribution in [2.75, 3.05) is 7.05 Å². The predicted octanol–water partition coefficient (Wildman–Crippen LogP) is 2.78. The van der Waals surface area contributed by atoms with Crippen LogP contribution in [0.3, 0.4) is 0 Å². The topological polar surface area (TPSA) is 63.4 Å². The number of nitrogens with zero attached hydrogens (tertiary/aromatic N) is 1. The first-order chi connectivity index (χ1) is 9.04. The molecule has 0 radical (unpaired) electrons. The number of hydrogen-bond donors (Lipinski definition) is 1. The smallest absolute Gasteiger partial charge is 0.244 e. The minimum Gasteiger partial charge on any atom is -0.389 e. The van der Waals surface area contributed by atoms with Crippen LogP contribution in [0.2, 0.25) is 5.02 Å². The van der Waals surface area contributed by atoms with E-state index in [0.717, 1.165) is 0 Å². The van der Waals surface area contributed by atoms with Crippen molar-refractivity contribution in [1.82, 2.24) is 4.31 Å². The Balaban J connectivity index is 3.43. The van der Waals surface area contributed by atoms with Crippen LogP contribution in [0.15, 0.2) is 23.1 Å². The van der Waals surface area contributed by atoms with E-state index < -0.39 is 15.6 Å². The van der Waals surface area contributed by atoms with Crippen LogP contribution < -0.4 is 5.73 Å². The van der Waals surface area contributed by atoms with E-state index in [1.807, 2.05) is 20.8 Å². The number of nitrogens with two attached hydrogens (primary N) is 1. The van der Waals surface area contributed by atoms with Gasteiger partial charge < -0.3 is 5.73 Å². The maximum absolute atomic E-state index is 12.7. The van der Waals surface area contributed by atoms with Gasteiger partial charge in [0.2, 0.25) is 10.0 Å². The Hall–Kier alpha value is -0.690. The molecular formula is C13H19ClN2O2S2. The van der Waals surface area contributed by atoms with Crippen molar-refractivity contribution in [2.24, 2.45) is 5.73 Å². The zero-order valence-electron chi connectivity index (χ0n) is 12.0. The SMILES string of the molecule is CCC(C)(C)N(C)S(=O)(=O)c1cc(C(N)=S)ccc1Cl. The van der Waals surface area contributed by atoms with E-state index in [9.17, 15) is 8.42 Å². The molecule has 0 atom stereocenters. The summed E-state index contributed by atoms with van der Waals surface area (Å²) in [7, 11) is -2.17. The first kappa shape index (κ1) is 17.4. The Bertz CT molecular complexity index is 627. The fourth-order valence-electron chi connectivity index (χ4n) is 1.55. The fourth-order valence-corrected chi connectivity index (χ4v) is 3.75. The zero-order valence-corrected chi connectivity index (χ0v) is 14.4. The van der Waals surface area contributed by atoms with Crippen molar-refractivity contribution in [1.29, 1.82) is 0 Å². The second kappa shape index (κ2) is 5.97. The average molecular weight is 335 g/mol. The maximum atomic E-state index is 12.7. The summed E-state index contributed by atoms with van der Waals surface area (Å²) >= 11 is 10.9. The normalized spacial score (nSPS) is 12.7. The van der Waals surface area contributed by atoms with Gasteiger partial charge in [-0.05, 0) is 32.4 Å². The number of benzene rings is 1. The summed E-state index contributed by atoms with van der Waals surface area (Å²) in [6.07, 6.45) is 0.676. The molecule has 0 aliphatic rings. The molecule has 2 N–H and O–H groups in total. The lowest BCUT2D eigenvalue weighted by atomic mass is 10.0. The van der Waals surface area contributed by atoms with Gasteiger partial charge in [-0.1, -0.05) is 36.8 Å². The highest BCUT2D eigenvalue weighted by molar-refractivity contribution is 7.89. The largest absolute Gasteiger partial charge is 0.389 e. The van der Waals surface area contributed by atoms with Crippen LogP contribution in [0.4, 0.5) is 0 Å². The predicted molar refractivity (Wildman–Crippen MR) is 86.7 cm³/mol. The van der Waals surface area contributed by atoms with Crippen molar-refractivity contribution in [2.45, 2.75) is 37.6 Å². The molecule has 0 heterocycles. The van der Waals surface area contributed by atoms with Crippen molar-refractivity contribution < 1.29 is 8.42 Å². The molecule has 1 aromatic rings. The van der Waals surface area contributed by atoms with Crippen molar-refractivity contribution >= 4 is 38.8 Å². The number of rotatable bonds is 5. The van der Waals surface area contributed by atoms with Gasteiger partial charge in [-0.2, -0.15) is 4.31 Å². The van der Waals surface area contributed by atoms with Crippen molar-refractivity contribution in [3.8, 4) is 0 Å². The highest BCUT2D eigenvalue weighted by atomic mass is 35.5. The van der Waals surface area contributed by atoms with Gasteiger partial charge in [0, 0.05) is 18.2 Å². The van der Waals surface area contributed by atoms with Gasteiger partial charge in [-0.3, -0.25) is 0 Å². The van der Waals surface area contributed by atoms with Crippen LogP contribution in [0, 0.1) is 0 Å². The Morgan fingerprint density at radius 1 is 1.45 bits per heavy atom. The van der Waals surface area contributed by atoms with Crippen molar-refractivity contribution in [3.63, 3.8) is 0 Å². The third-order valence-corrected chi connectivity index (χ3v) is 6.36. The molecule has 1 aromatic carbocycles. The van der Waals surface area contributed by atoms with E-state index in [1.54, 1.807) is 13.1 Å². The molecule has 0 saturated carbocycles. The Labute approximate surface area is 131 Å². The third kappa shape index (κ3) is 3.31. The molecule has 1 rings (SSSR count). The van der Waals surface area contributed by atoms with Crippen molar-refractivity contribution in [3.05, 3.63) is 28.8 Å². The van der Waals surface area contributed by atoms with Gasteiger partial charge in [0.05, 0.1) is 5.02 Å². The lowest BCUT2D eigenvalue weighted by Gasteiger charge is -2.34. The minimum absolute atomic E-state index is 0.0218. The highest BCUT2D eigenvalue weighted by Crippen LogP contribution is 2.30. The molecular weight excluding hydrogens is 316 g/mol. The van der Waals surface area contributed by atoms with Gasteiger partial charge in [-0.25, -0.2) is 8.42 Å². The van der Waals surface area contributed by atoms with Gasteiger partial charge in [0.25, 0.3) is 0 Å². The summed E-state index contributed by atoms with van der Waals surface area (Å²) in [6.45, 7) is 5.64. The first-order valence-electron chi connectivity index (χ1n) is 6.12. The van der Waals surface area contributed by atoms with E-state index in [-0.39, 0.29) is 14.9 Å². The number of sulfonamides is 1. The Kier molecular flexibility index (Phi) is 5.18. The average Bonchev–Trinajstić information content (AvgIpc) is 2.37. The molecule has 20 heavy (non-hydrogen) atoms. The van der Waals surface area contributed by atoms with Crippen LogP contribution in [-0.4, -0.2) is 30.3 Å². The molecule has 0 bridgehead atoms. The Morgan fingerprint density at radius 3 is 2.45 bits per heavy atom. The standard InChI is InChI=1S/C13H19ClN2O2S2/c1-5-13(2,3)16(4)20(17,18)11-8-9(12(15)19)6-7-10(11)14/h6-8H,5H2,1-4H3,(H2,15,19). The molecule has 0 aliphatic heterocycles. The van der Waals surface area contributed by atoms with Gasteiger partial charge in [0.15, 0.2) is 0 Å². The Morgan fingerprint density at radius 2 is 2.00 bits per heavy atom. The second-order valence-electron chi connectivity index (χ2n) is 5.15. The summed E-state index contributed by atoms with van der Waals surface area (Å²) in [5.74, 6) is 0. The van der Waals surface area contributed by atoms with Crippen LogP contribution in [0.1, 0.15) is 32.8 Å². The van der Waals surface area contributed by atoms with E-state index in [4.69, 9.17) is 29.6 Å². The molecule has 0 saturated heterocycles. The van der Waals surface area contributed by atoms with E-state index in [2.05, 4.69) is 0 Å². The quantitative estimate of drug-likeness (QED) is 0.841. The number of halogens is 1. The lowest BCUT2D eigenvalue weighted by Crippen LogP contribution is -2.44. The summed E-state index contributed by atoms with van der Waals surface area (Å²) < 4.78 is 26.7. The van der Waals surface area contributed by atoms with Crippen LogP contribution in [0.25, 0.3) is 0 Å². The van der Waals surface area contributed by atoms with E-state index in [1.165, 1.54) is 16.4 Å². The molecule has 4 nitrogen and oxygen atoms in total. The van der Waals surface area contributed by atoms with Gasteiger partial charge in [0.1, 0.15) is 9.88 Å². The number of thiocarbonyl (C=S) groups is 1. The first-order valence-corrected chi connectivity index (χ1v) is 8.35. The molecule has 7 heteroatoms. The molecule has 0 fully saturated rings.